The van der Waals surface area contributed by atoms with Crippen LogP contribution in [0, 0.1) is 27.7 Å². The number of piperazine rings is 1. The van der Waals surface area contributed by atoms with E-state index >= 15 is 0 Å². The molecule has 1 heterocycles. The molecule has 1 amide bonds. The molecule has 3 aromatic carbocycles. The molecule has 0 atom stereocenters. The van der Waals surface area contributed by atoms with Crippen molar-refractivity contribution in [2.75, 3.05) is 35.8 Å². The minimum Gasteiger partial charge on any atom is -0.368 e. The number of benzene rings is 3. The average Bonchev–Trinajstić information content (AvgIpc) is 2.83. The molecular weight excluding hydrogens is 482 g/mol. The molecule has 1 aliphatic rings. The zero-order valence-electron chi connectivity index (χ0n) is 20.4. The third-order valence-electron chi connectivity index (χ3n) is 6.65. The molecule has 184 valence electrons. The molecule has 0 aliphatic carbocycles. The van der Waals surface area contributed by atoms with Gasteiger partial charge in [-0.05, 0) is 80.3 Å². The lowest BCUT2D eigenvalue weighted by Crippen LogP contribution is -2.49. The molecule has 6 nitrogen and oxygen atoms in total. The van der Waals surface area contributed by atoms with Gasteiger partial charge in [0, 0.05) is 42.5 Å². The Balaban J connectivity index is 1.52. The molecule has 0 unspecified atom stereocenters. The quantitative estimate of drug-likeness (QED) is 0.502. The van der Waals surface area contributed by atoms with Crippen LogP contribution in [-0.4, -0.2) is 45.4 Å². The second-order valence-corrected chi connectivity index (χ2v) is 11.1. The fourth-order valence-electron chi connectivity index (χ4n) is 4.34. The number of hydrogen-bond donors (Lipinski definition) is 1. The number of amides is 1. The Morgan fingerprint density at radius 3 is 2.26 bits per heavy atom. The van der Waals surface area contributed by atoms with Crippen molar-refractivity contribution in [3.05, 3.63) is 87.4 Å². The summed E-state index contributed by atoms with van der Waals surface area (Å²) in [4.78, 5) is 17.4. The summed E-state index contributed by atoms with van der Waals surface area (Å²) in [5.74, 6) is -0.171. The second-order valence-electron chi connectivity index (χ2n) is 9.04. The molecule has 0 radical (unpaired) electrons. The van der Waals surface area contributed by atoms with Crippen LogP contribution in [0.5, 0.6) is 0 Å². The molecule has 1 N–H and O–H groups in total. The Hall–Kier alpha value is -3.03. The Labute approximate surface area is 212 Å². The number of nitrogens with zero attached hydrogens (tertiary/aromatic N) is 2. The first-order valence-electron chi connectivity index (χ1n) is 11.6. The van der Waals surface area contributed by atoms with Gasteiger partial charge < -0.3 is 9.80 Å². The summed E-state index contributed by atoms with van der Waals surface area (Å²) in [6, 6.07) is 16.2. The average molecular weight is 512 g/mol. The SMILES string of the molecule is Cc1ccc(Cl)cc1N1CCN(C(=O)c2ccc(C)c(S(=O)(=O)Nc3cccc(C)c3C)c2)CC1. The molecule has 0 saturated carbocycles. The number of sulfonamides is 1. The van der Waals surface area contributed by atoms with Crippen LogP contribution in [0.4, 0.5) is 11.4 Å². The second kappa shape index (κ2) is 9.91. The fraction of sp³-hybridized carbons (Fsp3) is 0.296. The van der Waals surface area contributed by atoms with Gasteiger partial charge in [-0.15, -0.1) is 0 Å². The molecule has 4 rings (SSSR count). The lowest BCUT2D eigenvalue weighted by Gasteiger charge is -2.37. The molecule has 35 heavy (non-hydrogen) atoms. The van der Waals surface area contributed by atoms with Crippen molar-refractivity contribution in [1.29, 1.82) is 0 Å². The lowest BCUT2D eigenvalue weighted by molar-refractivity contribution is 0.0746. The maximum Gasteiger partial charge on any atom is 0.262 e. The van der Waals surface area contributed by atoms with Crippen molar-refractivity contribution in [2.45, 2.75) is 32.6 Å². The summed E-state index contributed by atoms with van der Waals surface area (Å²) in [5.41, 5.74) is 5.56. The number of nitrogens with one attached hydrogen (secondary N) is 1. The summed E-state index contributed by atoms with van der Waals surface area (Å²) in [7, 11) is -3.87. The predicted octanol–water partition coefficient (Wildman–Crippen LogP) is 5.34. The Morgan fingerprint density at radius 2 is 1.54 bits per heavy atom. The lowest BCUT2D eigenvalue weighted by atomic mass is 10.1. The first kappa shape index (κ1) is 25.1. The van der Waals surface area contributed by atoms with Crippen LogP contribution in [0.3, 0.4) is 0 Å². The number of carbonyl (C=O) groups excluding carboxylic acids is 1. The minimum atomic E-state index is -3.87. The van der Waals surface area contributed by atoms with E-state index in [0.717, 1.165) is 22.4 Å². The van der Waals surface area contributed by atoms with Gasteiger partial charge in [0.1, 0.15) is 0 Å². The maximum atomic E-state index is 13.3. The van der Waals surface area contributed by atoms with Crippen LogP contribution in [0.2, 0.25) is 5.02 Å². The molecule has 1 saturated heterocycles. The van der Waals surface area contributed by atoms with Crippen LogP contribution in [-0.2, 0) is 10.0 Å². The van der Waals surface area contributed by atoms with Crippen LogP contribution in [0.25, 0.3) is 0 Å². The van der Waals surface area contributed by atoms with Crippen LogP contribution < -0.4 is 9.62 Å². The van der Waals surface area contributed by atoms with E-state index in [-0.39, 0.29) is 10.8 Å². The van der Waals surface area contributed by atoms with Gasteiger partial charge in [0.05, 0.1) is 10.6 Å². The zero-order chi connectivity index (χ0) is 25.3. The smallest absolute Gasteiger partial charge is 0.262 e. The monoisotopic (exact) mass is 511 g/mol. The largest absolute Gasteiger partial charge is 0.368 e. The highest BCUT2D eigenvalue weighted by molar-refractivity contribution is 7.92. The van der Waals surface area contributed by atoms with Gasteiger partial charge in [-0.25, -0.2) is 8.42 Å². The molecule has 0 spiro atoms. The number of rotatable bonds is 5. The van der Waals surface area contributed by atoms with E-state index in [2.05, 4.69) is 9.62 Å². The van der Waals surface area contributed by atoms with Crippen molar-refractivity contribution in [3.8, 4) is 0 Å². The van der Waals surface area contributed by atoms with Crippen molar-refractivity contribution in [3.63, 3.8) is 0 Å². The van der Waals surface area contributed by atoms with Gasteiger partial charge in [-0.1, -0.05) is 35.9 Å². The first-order chi connectivity index (χ1) is 16.6. The number of aryl methyl sites for hydroxylation is 3. The van der Waals surface area contributed by atoms with Gasteiger partial charge >= 0.3 is 0 Å². The summed E-state index contributed by atoms with van der Waals surface area (Å²) in [6.07, 6.45) is 0. The van der Waals surface area contributed by atoms with Crippen LogP contribution in [0.1, 0.15) is 32.6 Å². The van der Waals surface area contributed by atoms with Gasteiger partial charge in [0.25, 0.3) is 15.9 Å². The highest BCUT2D eigenvalue weighted by Crippen LogP contribution is 2.27. The van der Waals surface area contributed by atoms with Crippen LogP contribution >= 0.6 is 11.6 Å². The topological polar surface area (TPSA) is 69.7 Å². The Bertz CT molecular complexity index is 1380. The fourth-order valence-corrected chi connectivity index (χ4v) is 5.90. The number of halogens is 1. The minimum absolute atomic E-state index is 0.109. The van der Waals surface area contributed by atoms with E-state index in [0.29, 0.717) is 48.0 Å². The molecule has 0 bridgehead atoms. The predicted molar refractivity (Wildman–Crippen MR) is 142 cm³/mol. The van der Waals surface area contributed by atoms with Gasteiger partial charge in [0.2, 0.25) is 0 Å². The highest BCUT2D eigenvalue weighted by atomic mass is 35.5. The van der Waals surface area contributed by atoms with E-state index in [1.165, 1.54) is 6.07 Å². The standard InChI is InChI=1S/C27H30ClN3O3S/c1-18-6-5-7-24(21(18)4)29-35(33,34)26-16-22(10-8-20(26)3)27(32)31-14-12-30(13-15-31)25-17-23(28)11-9-19(25)2/h5-11,16-17,29H,12-15H2,1-4H3. The number of carbonyl (C=O) groups is 1. The van der Waals surface area contributed by atoms with Crippen molar-refractivity contribution < 1.29 is 13.2 Å². The van der Waals surface area contributed by atoms with E-state index in [1.807, 2.05) is 51.1 Å². The Morgan fingerprint density at radius 1 is 0.857 bits per heavy atom. The summed E-state index contributed by atoms with van der Waals surface area (Å²) < 4.78 is 29.2. The van der Waals surface area contributed by atoms with E-state index in [4.69, 9.17) is 11.6 Å². The first-order valence-corrected chi connectivity index (χ1v) is 13.4. The normalized spacial score (nSPS) is 14.2. The summed E-state index contributed by atoms with van der Waals surface area (Å²) in [5, 5.41) is 0.687. The molecule has 0 aromatic heterocycles. The van der Waals surface area contributed by atoms with Gasteiger partial charge in [0.15, 0.2) is 0 Å². The van der Waals surface area contributed by atoms with E-state index < -0.39 is 10.0 Å². The number of hydrogen-bond acceptors (Lipinski definition) is 4. The summed E-state index contributed by atoms with van der Waals surface area (Å²) in [6.45, 7) is 10.0. The van der Waals surface area contributed by atoms with Crippen molar-refractivity contribution in [2.24, 2.45) is 0 Å². The summed E-state index contributed by atoms with van der Waals surface area (Å²) >= 11 is 6.18. The molecule has 8 heteroatoms. The van der Waals surface area contributed by atoms with Gasteiger partial charge in [-0.3, -0.25) is 9.52 Å². The highest BCUT2D eigenvalue weighted by Gasteiger charge is 2.26. The van der Waals surface area contributed by atoms with Gasteiger partial charge in [-0.2, -0.15) is 0 Å². The molecule has 1 fully saturated rings. The molecule has 3 aromatic rings. The van der Waals surface area contributed by atoms with Crippen LogP contribution in [0.15, 0.2) is 59.5 Å². The number of anilines is 2. The van der Waals surface area contributed by atoms with Crippen molar-refractivity contribution >= 4 is 38.9 Å². The zero-order valence-corrected chi connectivity index (χ0v) is 22.0. The van der Waals surface area contributed by atoms with E-state index in [1.54, 1.807) is 30.0 Å². The molecular formula is C27H30ClN3O3S. The van der Waals surface area contributed by atoms with Crippen molar-refractivity contribution in [1.82, 2.24) is 4.90 Å². The molecule has 1 aliphatic heterocycles. The third-order valence-corrected chi connectivity index (χ3v) is 8.39. The maximum absolute atomic E-state index is 13.3. The Kier molecular flexibility index (Phi) is 7.10. The third kappa shape index (κ3) is 5.31. The van der Waals surface area contributed by atoms with E-state index in [9.17, 15) is 13.2 Å².